The van der Waals surface area contributed by atoms with E-state index >= 15 is 0 Å². The summed E-state index contributed by atoms with van der Waals surface area (Å²) in [5.41, 5.74) is 1.37. The number of aromatic nitrogens is 1. The van der Waals surface area contributed by atoms with Gasteiger partial charge in [0, 0.05) is 34.6 Å². The maximum absolute atomic E-state index is 13.4. The van der Waals surface area contributed by atoms with E-state index in [2.05, 4.69) is 0 Å². The van der Waals surface area contributed by atoms with Gasteiger partial charge in [-0.05, 0) is 37.2 Å². The maximum atomic E-state index is 13.4. The van der Waals surface area contributed by atoms with Crippen LogP contribution < -0.4 is 0 Å². The summed E-state index contributed by atoms with van der Waals surface area (Å²) in [4.78, 5) is 17.3. The molecule has 208 valence electrons. The van der Waals surface area contributed by atoms with Crippen molar-refractivity contribution in [3.63, 3.8) is 0 Å². The quantitative estimate of drug-likeness (QED) is 0.406. The Morgan fingerprint density at radius 2 is 1.84 bits per heavy atom. The lowest BCUT2D eigenvalue weighted by atomic mass is 9.67. The Hall–Kier alpha value is -2.19. The minimum atomic E-state index is -4.40. The number of fused-ring (bicyclic) bond motifs is 4. The molecule has 1 unspecified atom stereocenters. The highest BCUT2D eigenvalue weighted by atomic mass is 19.4. The first kappa shape index (κ1) is 27.4. The number of nitrogens with zero attached hydrogens (tertiary/aromatic N) is 1. The molecule has 38 heavy (non-hydrogen) atoms. The zero-order valence-corrected chi connectivity index (χ0v) is 23.0. The van der Waals surface area contributed by atoms with Gasteiger partial charge in [0.15, 0.2) is 0 Å². The van der Waals surface area contributed by atoms with Crippen molar-refractivity contribution in [2.45, 2.75) is 116 Å². The number of aliphatic hydroxyl groups excluding tert-OH is 1. The highest BCUT2D eigenvalue weighted by Gasteiger charge is 2.57. The summed E-state index contributed by atoms with van der Waals surface area (Å²) in [5, 5.41) is 11.6. The Morgan fingerprint density at radius 1 is 1.18 bits per heavy atom. The minimum absolute atomic E-state index is 0.0192. The smallest absolute Gasteiger partial charge is 0.416 e. The van der Waals surface area contributed by atoms with E-state index in [0.29, 0.717) is 17.7 Å². The monoisotopic (exact) mass is 533 g/mol. The van der Waals surface area contributed by atoms with Crippen LogP contribution in [0.25, 0.3) is 0 Å². The molecule has 1 N–H and O–H groups in total. The van der Waals surface area contributed by atoms with Gasteiger partial charge < -0.3 is 14.6 Å². The summed E-state index contributed by atoms with van der Waals surface area (Å²) in [5.74, 6) is -0.426. The van der Waals surface area contributed by atoms with Gasteiger partial charge in [-0.1, -0.05) is 65.7 Å². The van der Waals surface area contributed by atoms with E-state index in [0.717, 1.165) is 42.5 Å². The number of hydrogen-bond acceptors (Lipinski definition) is 5. The number of esters is 1. The molecule has 1 spiro atoms. The van der Waals surface area contributed by atoms with Crippen molar-refractivity contribution in [1.29, 1.82) is 0 Å². The summed E-state index contributed by atoms with van der Waals surface area (Å²) >= 11 is 0. The van der Waals surface area contributed by atoms with Crippen LogP contribution in [0.1, 0.15) is 132 Å². The van der Waals surface area contributed by atoms with Crippen LogP contribution in [0, 0.1) is 10.8 Å². The first-order chi connectivity index (χ1) is 17.6. The van der Waals surface area contributed by atoms with Gasteiger partial charge in [0.2, 0.25) is 0 Å². The second kappa shape index (κ2) is 8.91. The maximum Gasteiger partial charge on any atom is 0.416 e. The molecule has 4 aliphatic rings. The van der Waals surface area contributed by atoms with Crippen LogP contribution in [0.5, 0.6) is 0 Å². The molecule has 0 aromatic carbocycles. The van der Waals surface area contributed by atoms with Crippen molar-refractivity contribution in [3.05, 3.63) is 51.9 Å². The zero-order valence-electron chi connectivity index (χ0n) is 23.0. The van der Waals surface area contributed by atoms with E-state index in [4.69, 9.17) is 14.5 Å². The van der Waals surface area contributed by atoms with Gasteiger partial charge in [0.05, 0.1) is 29.1 Å². The van der Waals surface area contributed by atoms with Gasteiger partial charge in [-0.15, -0.1) is 0 Å². The number of rotatable bonds is 3. The zero-order chi connectivity index (χ0) is 27.8. The predicted molar refractivity (Wildman–Crippen MR) is 136 cm³/mol. The molecule has 0 radical (unpaired) electrons. The van der Waals surface area contributed by atoms with Gasteiger partial charge >= 0.3 is 12.1 Å². The van der Waals surface area contributed by atoms with Crippen LogP contribution >= 0.6 is 0 Å². The molecule has 4 atom stereocenters. The molecule has 2 heterocycles. The van der Waals surface area contributed by atoms with Crippen molar-refractivity contribution in [2.24, 2.45) is 10.8 Å². The van der Waals surface area contributed by atoms with Gasteiger partial charge in [-0.3, -0.25) is 9.78 Å². The summed E-state index contributed by atoms with van der Waals surface area (Å²) in [6, 6.07) is 0. The fourth-order valence-corrected chi connectivity index (χ4v) is 7.12. The molecule has 8 heteroatoms. The third kappa shape index (κ3) is 4.23. The Labute approximate surface area is 222 Å². The number of alkyl halides is 3. The molecule has 0 saturated heterocycles. The summed E-state index contributed by atoms with van der Waals surface area (Å²) in [6.07, 6.45) is 1.74. The molecule has 1 aromatic rings. The lowest BCUT2D eigenvalue weighted by molar-refractivity contribution is -0.157. The second-order valence-corrected chi connectivity index (χ2v) is 12.8. The number of carbonyl (C=O) groups excluding carboxylic acids is 1. The van der Waals surface area contributed by atoms with Crippen molar-refractivity contribution < 1.29 is 32.5 Å². The average molecular weight is 534 g/mol. The molecular weight excluding hydrogens is 495 g/mol. The predicted octanol–water partition coefficient (Wildman–Crippen LogP) is 7.57. The number of hydrogen-bond donors (Lipinski definition) is 1. The number of ether oxygens (including phenoxy) is 2. The van der Waals surface area contributed by atoms with E-state index in [1.807, 2.05) is 34.6 Å². The fourth-order valence-electron chi connectivity index (χ4n) is 7.12. The van der Waals surface area contributed by atoms with Crippen LogP contribution in [0.3, 0.4) is 0 Å². The molecule has 1 fully saturated rings. The van der Waals surface area contributed by atoms with Gasteiger partial charge in [0.1, 0.15) is 6.10 Å². The Bertz CT molecular complexity index is 1210. The van der Waals surface area contributed by atoms with Gasteiger partial charge in [0.25, 0.3) is 0 Å². The molecule has 0 amide bonds. The lowest BCUT2D eigenvalue weighted by Gasteiger charge is -2.43. The van der Waals surface area contributed by atoms with Crippen molar-refractivity contribution in [1.82, 2.24) is 4.98 Å². The molecule has 5 rings (SSSR count). The molecule has 0 bridgehead atoms. The van der Waals surface area contributed by atoms with E-state index < -0.39 is 52.5 Å². The van der Waals surface area contributed by atoms with Crippen molar-refractivity contribution in [3.8, 4) is 0 Å². The van der Waals surface area contributed by atoms with E-state index in [1.54, 1.807) is 6.08 Å². The van der Waals surface area contributed by atoms with Crippen LogP contribution in [0.4, 0.5) is 13.2 Å². The average Bonchev–Trinajstić information content (AvgIpc) is 3.41. The fraction of sp³-hybridized carbons (Fsp3) is 0.667. The van der Waals surface area contributed by atoms with Crippen molar-refractivity contribution >= 4 is 5.97 Å². The third-order valence-corrected chi connectivity index (χ3v) is 8.98. The summed E-state index contributed by atoms with van der Waals surface area (Å²) in [7, 11) is 0. The van der Waals surface area contributed by atoms with E-state index in [9.17, 15) is 23.1 Å². The number of allylic oxidation sites excluding steroid dienone is 3. The number of halogens is 3. The van der Waals surface area contributed by atoms with Crippen LogP contribution in [-0.2, 0) is 19.9 Å². The summed E-state index contributed by atoms with van der Waals surface area (Å²) in [6.45, 7) is 11.4. The third-order valence-electron chi connectivity index (χ3n) is 8.98. The first-order valence-electron chi connectivity index (χ1n) is 13.7. The standard InChI is InChI=1S/C30H38F3NO4/c1-16(2)23-21-22(20-19(36)15-27(4,5)26(24(20)34-23)37-17(3)35)29(11-7-8-12-29)38-25(21)28(6)13-9-18(10-14-28)30(31,32)33/h9-10,13,16,19,25-26,36H,7-8,11-12,14-15H2,1-6H3/t19-,25-,26+,28?/m0/s1. The number of carbonyl (C=O) groups is 1. The summed E-state index contributed by atoms with van der Waals surface area (Å²) < 4.78 is 53.1. The molecule has 5 nitrogen and oxygen atoms in total. The lowest BCUT2D eigenvalue weighted by Crippen LogP contribution is -2.37. The molecule has 3 aliphatic carbocycles. The molecule has 1 saturated carbocycles. The van der Waals surface area contributed by atoms with Gasteiger partial charge in [-0.2, -0.15) is 13.2 Å². The van der Waals surface area contributed by atoms with Crippen LogP contribution in [-0.4, -0.2) is 22.2 Å². The topological polar surface area (TPSA) is 68.7 Å². The first-order valence-corrected chi connectivity index (χ1v) is 13.7. The molecular formula is C30H38F3NO4. The highest BCUT2D eigenvalue weighted by Crippen LogP contribution is 2.64. The largest absolute Gasteiger partial charge is 0.455 e. The van der Waals surface area contributed by atoms with Crippen molar-refractivity contribution in [2.75, 3.05) is 0 Å². The normalized spacial score (nSPS) is 31.3. The van der Waals surface area contributed by atoms with Crippen LogP contribution in [0.15, 0.2) is 23.8 Å². The Morgan fingerprint density at radius 3 is 2.37 bits per heavy atom. The highest BCUT2D eigenvalue weighted by molar-refractivity contribution is 5.67. The Kier molecular flexibility index (Phi) is 6.42. The SMILES string of the molecule is CC(=O)O[C@@H]1c2nc(C(C)C)c3c(c2[C@@H](O)CC1(C)C)C1(CCCC1)O[C@@H]3C1(C)C=CC(C(F)(F)F)=CC1. The van der Waals surface area contributed by atoms with E-state index in [1.165, 1.54) is 19.1 Å². The molecule has 1 aromatic heterocycles. The molecule has 1 aliphatic heterocycles. The number of aliphatic hydroxyl groups is 1. The van der Waals surface area contributed by atoms with Gasteiger partial charge in [-0.25, -0.2) is 0 Å². The number of pyridine rings is 1. The Balaban J connectivity index is 1.75. The van der Waals surface area contributed by atoms with Crippen LogP contribution in [0.2, 0.25) is 0 Å². The second-order valence-electron chi connectivity index (χ2n) is 12.8. The minimum Gasteiger partial charge on any atom is -0.455 e. The van der Waals surface area contributed by atoms with E-state index in [-0.39, 0.29) is 12.3 Å².